The zero-order valence-electron chi connectivity index (χ0n) is 21.4. The Morgan fingerprint density at radius 1 is 1.11 bits per heavy atom. The summed E-state index contributed by atoms with van der Waals surface area (Å²) in [4.78, 5) is 39.7. The first-order chi connectivity index (χ1) is 17.5. The number of nitrogens with two attached hydrogens (primary N) is 1. The number of aromatic hydroxyl groups is 1. The highest BCUT2D eigenvalue weighted by atomic mass is 16.4. The number of benzene rings is 2. The van der Waals surface area contributed by atoms with Crippen molar-refractivity contribution in [2.75, 3.05) is 13.1 Å². The summed E-state index contributed by atoms with van der Waals surface area (Å²) >= 11 is 0. The van der Waals surface area contributed by atoms with Gasteiger partial charge in [-0.2, -0.15) is 0 Å². The van der Waals surface area contributed by atoms with Gasteiger partial charge < -0.3 is 26.2 Å². The van der Waals surface area contributed by atoms with Crippen molar-refractivity contribution in [3.05, 3.63) is 65.2 Å². The number of aliphatic carboxylic acids is 1. The highest BCUT2D eigenvalue weighted by Gasteiger charge is 2.39. The topological polar surface area (TPSA) is 157 Å². The summed E-state index contributed by atoms with van der Waals surface area (Å²) in [6, 6.07) is 13.3. The van der Waals surface area contributed by atoms with Gasteiger partial charge in [0.2, 0.25) is 5.91 Å². The van der Waals surface area contributed by atoms with E-state index >= 15 is 0 Å². The van der Waals surface area contributed by atoms with Gasteiger partial charge in [0.15, 0.2) is 0 Å². The Hall–Kier alpha value is -3.88. The number of likely N-dealkylation sites (tertiary alicyclic amines) is 1. The summed E-state index contributed by atoms with van der Waals surface area (Å²) in [5, 5.41) is 29.5. The zero-order valence-corrected chi connectivity index (χ0v) is 21.4. The molecule has 0 saturated carbocycles. The summed E-state index contributed by atoms with van der Waals surface area (Å²) in [5.41, 5.74) is 6.40. The van der Waals surface area contributed by atoms with Crippen LogP contribution >= 0.6 is 0 Å². The van der Waals surface area contributed by atoms with Crippen molar-refractivity contribution < 1.29 is 24.6 Å². The summed E-state index contributed by atoms with van der Waals surface area (Å²) in [6.07, 6.45) is 2.35. The van der Waals surface area contributed by atoms with E-state index in [-0.39, 0.29) is 35.7 Å². The number of hydrogen-bond acceptors (Lipinski definition) is 5. The minimum Gasteiger partial charge on any atom is -0.508 e. The van der Waals surface area contributed by atoms with Crippen molar-refractivity contribution in [1.82, 2.24) is 10.2 Å². The third-order valence-corrected chi connectivity index (χ3v) is 7.08. The maximum Gasteiger partial charge on any atom is 0.303 e. The first-order valence-corrected chi connectivity index (χ1v) is 12.5. The molecule has 198 valence electrons. The Balaban J connectivity index is 1.77. The Morgan fingerprint density at radius 2 is 1.73 bits per heavy atom. The molecule has 37 heavy (non-hydrogen) atoms. The predicted octanol–water partition coefficient (Wildman–Crippen LogP) is 3.15. The average Bonchev–Trinajstić information content (AvgIpc) is 2.83. The molecule has 2 aromatic rings. The van der Waals surface area contributed by atoms with Gasteiger partial charge in [-0.3, -0.25) is 19.8 Å². The lowest BCUT2D eigenvalue weighted by Crippen LogP contribution is -2.56. The van der Waals surface area contributed by atoms with E-state index in [1.165, 1.54) is 0 Å². The smallest absolute Gasteiger partial charge is 0.303 e. The Kier molecular flexibility index (Phi) is 8.91. The fourth-order valence-corrected chi connectivity index (χ4v) is 4.89. The van der Waals surface area contributed by atoms with Crippen LogP contribution in [0.15, 0.2) is 48.5 Å². The number of carbonyl (C=O) groups excluding carboxylic acids is 2. The van der Waals surface area contributed by atoms with Gasteiger partial charge in [0, 0.05) is 36.2 Å². The number of nitrogens with one attached hydrogen (secondary N) is 2. The summed E-state index contributed by atoms with van der Waals surface area (Å²) in [7, 11) is 0. The van der Waals surface area contributed by atoms with Gasteiger partial charge in [-0.1, -0.05) is 24.3 Å². The molecule has 0 radical (unpaired) electrons. The van der Waals surface area contributed by atoms with Crippen molar-refractivity contribution in [2.24, 2.45) is 17.6 Å². The minimum absolute atomic E-state index is 0.0537. The highest BCUT2D eigenvalue weighted by molar-refractivity contribution is 5.98. The number of piperidine rings is 1. The molecular weight excluding hydrogens is 472 g/mol. The first kappa shape index (κ1) is 27.7. The van der Waals surface area contributed by atoms with Crippen molar-refractivity contribution in [2.45, 2.75) is 51.5 Å². The largest absolute Gasteiger partial charge is 0.508 e. The number of rotatable bonds is 10. The van der Waals surface area contributed by atoms with Gasteiger partial charge in [0.1, 0.15) is 11.6 Å². The van der Waals surface area contributed by atoms with Gasteiger partial charge in [-0.05, 0) is 75.3 Å². The third-order valence-electron chi connectivity index (χ3n) is 7.08. The van der Waals surface area contributed by atoms with E-state index in [0.29, 0.717) is 49.9 Å². The fraction of sp³-hybridized carbons (Fsp3) is 0.429. The molecule has 1 saturated heterocycles. The number of amidine groups is 1. The zero-order chi connectivity index (χ0) is 27.2. The minimum atomic E-state index is -0.901. The molecule has 0 spiro atoms. The molecule has 1 unspecified atom stereocenters. The summed E-state index contributed by atoms with van der Waals surface area (Å²) in [5.74, 6) is -1.67. The summed E-state index contributed by atoms with van der Waals surface area (Å²) in [6.45, 7) is 4.62. The van der Waals surface area contributed by atoms with Gasteiger partial charge in [0.25, 0.3) is 5.91 Å². The van der Waals surface area contributed by atoms with Crippen LogP contribution in [0.1, 0.15) is 61.0 Å². The molecule has 1 aliphatic heterocycles. The van der Waals surface area contributed by atoms with Crippen LogP contribution < -0.4 is 11.1 Å². The fourth-order valence-electron chi connectivity index (χ4n) is 4.89. The molecule has 1 atom stereocenters. The van der Waals surface area contributed by atoms with Gasteiger partial charge in [0.05, 0.1) is 5.92 Å². The lowest BCUT2D eigenvalue weighted by Gasteiger charge is -2.40. The average molecular weight is 509 g/mol. The van der Waals surface area contributed by atoms with Crippen LogP contribution in [0.2, 0.25) is 0 Å². The van der Waals surface area contributed by atoms with Crippen molar-refractivity contribution in [3.8, 4) is 5.75 Å². The lowest BCUT2D eigenvalue weighted by atomic mass is 9.80. The van der Waals surface area contributed by atoms with Crippen LogP contribution in [0.4, 0.5) is 0 Å². The molecule has 1 fully saturated rings. The molecule has 6 N–H and O–H groups in total. The first-order valence-electron chi connectivity index (χ1n) is 12.5. The molecular formula is C28H36N4O5. The van der Waals surface area contributed by atoms with E-state index in [1.54, 1.807) is 47.4 Å². The van der Waals surface area contributed by atoms with Crippen molar-refractivity contribution >= 4 is 23.6 Å². The monoisotopic (exact) mass is 508 g/mol. The number of carboxylic acid groups (broad SMARTS) is 1. The van der Waals surface area contributed by atoms with E-state index in [4.69, 9.17) is 16.2 Å². The molecule has 0 bridgehead atoms. The Labute approximate surface area is 217 Å². The van der Waals surface area contributed by atoms with E-state index in [9.17, 15) is 19.5 Å². The normalized spacial score (nSPS) is 15.1. The van der Waals surface area contributed by atoms with Gasteiger partial charge in [-0.25, -0.2) is 0 Å². The number of phenols is 1. The number of amides is 2. The van der Waals surface area contributed by atoms with Crippen molar-refractivity contribution in [1.29, 1.82) is 5.41 Å². The van der Waals surface area contributed by atoms with Crippen LogP contribution in [0, 0.1) is 17.2 Å². The molecule has 1 heterocycles. The van der Waals surface area contributed by atoms with Crippen LogP contribution in [-0.2, 0) is 16.0 Å². The number of aryl methyl sites for hydroxylation is 1. The Morgan fingerprint density at radius 3 is 2.30 bits per heavy atom. The maximum atomic E-state index is 13.8. The number of carbonyl (C=O) groups is 3. The van der Waals surface area contributed by atoms with Crippen LogP contribution in [-0.4, -0.2) is 57.4 Å². The number of nitrogen functional groups attached to an aromatic ring is 1. The standard InChI is InChI=1S/C28H36N4O5/c1-28(2,31-26(36)21-9-7-20(8-10-21)25(29)30)23(11-6-18-4-3-5-22(33)16-18)27(37)32-14-12-19(13-15-32)17-24(34)35/h3-5,7-10,16,19,23,33H,6,11-15,17H2,1-2H3,(H3,29,30)(H,31,36)(H,34,35). The molecule has 1 aliphatic rings. The predicted molar refractivity (Wildman–Crippen MR) is 140 cm³/mol. The molecule has 9 heteroatoms. The second kappa shape index (κ2) is 11.9. The van der Waals surface area contributed by atoms with E-state index in [1.807, 2.05) is 19.9 Å². The molecule has 2 aromatic carbocycles. The number of hydrogen-bond donors (Lipinski definition) is 5. The second-order valence-corrected chi connectivity index (χ2v) is 10.3. The number of nitrogens with zero attached hydrogens (tertiary/aromatic N) is 1. The van der Waals surface area contributed by atoms with Gasteiger partial charge in [-0.15, -0.1) is 0 Å². The lowest BCUT2D eigenvalue weighted by molar-refractivity contribution is -0.140. The third kappa shape index (κ3) is 7.55. The SMILES string of the molecule is CC(C)(NC(=O)c1ccc(C(=N)N)cc1)C(CCc1cccc(O)c1)C(=O)N1CCC(CC(=O)O)CC1. The highest BCUT2D eigenvalue weighted by Crippen LogP contribution is 2.29. The van der Waals surface area contributed by atoms with E-state index in [2.05, 4.69) is 5.32 Å². The van der Waals surface area contributed by atoms with Gasteiger partial charge >= 0.3 is 5.97 Å². The molecule has 0 aliphatic carbocycles. The van der Waals surface area contributed by atoms with E-state index < -0.39 is 17.4 Å². The second-order valence-electron chi connectivity index (χ2n) is 10.3. The number of phenolic OH excluding ortho intramolecular Hbond substituents is 1. The van der Waals surface area contributed by atoms with Crippen molar-refractivity contribution in [3.63, 3.8) is 0 Å². The number of carboxylic acids is 1. The van der Waals surface area contributed by atoms with E-state index in [0.717, 1.165) is 5.56 Å². The molecule has 0 aromatic heterocycles. The Bertz CT molecular complexity index is 1140. The van der Waals surface area contributed by atoms with Crippen LogP contribution in [0.3, 0.4) is 0 Å². The quantitative estimate of drug-likeness (QED) is 0.245. The summed E-state index contributed by atoms with van der Waals surface area (Å²) < 4.78 is 0. The van der Waals surface area contributed by atoms with Crippen LogP contribution in [0.5, 0.6) is 5.75 Å². The van der Waals surface area contributed by atoms with Crippen LogP contribution in [0.25, 0.3) is 0 Å². The molecule has 3 rings (SSSR count). The molecule has 2 amide bonds. The molecule has 9 nitrogen and oxygen atoms in total. The maximum absolute atomic E-state index is 13.8.